The van der Waals surface area contributed by atoms with Crippen molar-refractivity contribution in [3.8, 4) is 11.1 Å². The number of ketones is 2. The number of nitrogens with zero attached hydrogens (tertiary/aromatic N) is 3. The third-order valence-corrected chi connectivity index (χ3v) is 5.33. The fourth-order valence-electron chi connectivity index (χ4n) is 3.65. The lowest BCUT2D eigenvalue weighted by atomic mass is 10.00. The Morgan fingerprint density at radius 2 is 1.36 bits per heavy atom. The molecule has 3 aromatic carbocycles. The van der Waals surface area contributed by atoms with E-state index < -0.39 is 21.2 Å². The van der Waals surface area contributed by atoms with Crippen molar-refractivity contribution in [3.63, 3.8) is 0 Å². The highest BCUT2D eigenvalue weighted by atomic mass is 16.6. The van der Waals surface area contributed by atoms with Crippen LogP contribution < -0.4 is 5.43 Å². The Labute approximate surface area is 186 Å². The molecule has 0 heterocycles. The molecule has 10 heteroatoms. The number of Topliss-reactive ketones (excluding diaryl/α,β-unsaturated/α-hetero) is 2. The molecule has 1 aliphatic rings. The molecule has 164 valence electrons. The molecule has 33 heavy (non-hydrogen) atoms. The number of nitro groups is 2. The molecule has 0 fully saturated rings. The Hall–Kier alpha value is -4.73. The molecule has 1 N–H and O–H groups in total. The number of nitro benzene ring substituents is 2. The normalized spacial score (nSPS) is 12.7. The summed E-state index contributed by atoms with van der Waals surface area (Å²) in [5, 5.41) is 26.8. The first-order valence-electron chi connectivity index (χ1n) is 9.75. The standard InChI is InChI=1S/C23H16N4O6/c1-12(28)14-4-7-18-19(9-14)17-6-3-15(13(2)29)10-20(17)23(18)25-24-21-8-5-16(26(30)31)11-22(21)27(32)33/h3-11,24H,1-2H3/b25-23-. The van der Waals surface area contributed by atoms with Crippen molar-refractivity contribution in [1.29, 1.82) is 0 Å². The Morgan fingerprint density at radius 1 is 0.758 bits per heavy atom. The lowest BCUT2D eigenvalue weighted by molar-refractivity contribution is -0.393. The molecule has 0 amide bonds. The average Bonchev–Trinajstić information content (AvgIpc) is 3.09. The van der Waals surface area contributed by atoms with Gasteiger partial charge in [0.15, 0.2) is 11.6 Å². The molecule has 0 atom stereocenters. The van der Waals surface area contributed by atoms with Crippen LogP contribution in [0.15, 0.2) is 59.7 Å². The van der Waals surface area contributed by atoms with Crippen molar-refractivity contribution in [3.05, 3.63) is 97.1 Å². The maximum Gasteiger partial charge on any atom is 0.301 e. The van der Waals surface area contributed by atoms with Crippen LogP contribution in [0, 0.1) is 20.2 Å². The second-order valence-electron chi connectivity index (χ2n) is 7.42. The zero-order valence-corrected chi connectivity index (χ0v) is 17.5. The molecule has 0 spiro atoms. The summed E-state index contributed by atoms with van der Waals surface area (Å²) in [6.07, 6.45) is 0. The summed E-state index contributed by atoms with van der Waals surface area (Å²) in [4.78, 5) is 44.7. The molecule has 0 saturated heterocycles. The lowest BCUT2D eigenvalue weighted by Crippen LogP contribution is -2.06. The number of rotatable bonds is 6. The van der Waals surface area contributed by atoms with Crippen LogP contribution in [0.2, 0.25) is 0 Å². The fraction of sp³-hybridized carbons (Fsp3) is 0.0870. The summed E-state index contributed by atoms with van der Waals surface area (Å²) in [5.41, 5.74) is 5.88. The molecule has 1 aliphatic carbocycles. The first-order chi connectivity index (χ1) is 15.7. The first-order valence-corrected chi connectivity index (χ1v) is 9.75. The van der Waals surface area contributed by atoms with E-state index in [0.29, 0.717) is 28.0 Å². The number of benzene rings is 3. The molecule has 4 rings (SSSR count). The van der Waals surface area contributed by atoms with Gasteiger partial charge in [0.2, 0.25) is 0 Å². The van der Waals surface area contributed by atoms with Gasteiger partial charge in [0, 0.05) is 28.3 Å². The molecule has 3 aromatic rings. The number of anilines is 1. The predicted molar refractivity (Wildman–Crippen MR) is 121 cm³/mol. The van der Waals surface area contributed by atoms with Crippen LogP contribution in [0.25, 0.3) is 11.1 Å². The topological polar surface area (TPSA) is 145 Å². The second-order valence-corrected chi connectivity index (χ2v) is 7.42. The molecular weight excluding hydrogens is 428 g/mol. The summed E-state index contributed by atoms with van der Waals surface area (Å²) in [7, 11) is 0. The van der Waals surface area contributed by atoms with E-state index in [1.807, 2.05) is 0 Å². The summed E-state index contributed by atoms with van der Waals surface area (Å²) >= 11 is 0. The molecule has 10 nitrogen and oxygen atoms in total. The van der Waals surface area contributed by atoms with E-state index in [0.717, 1.165) is 23.3 Å². The van der Waals surface area contributed by atoms with Gasteiger partial charge in [-0.15, -0.1) is 0 Å². The van der Waals surface area contributed by atoms with E-state index in [9.17, 15) is 29.8 Å². The number of fused-ring (bicyclic) bond motifs is 3. The van der Waals surface area contributed by atoms with Gasteiger partial charge >= 0.3 is 5.69 Å². The molecule has 0 radical (unpaired) electrons. The molecule has 0 saturated carbocycles. The maximum absolute atomic E-state index is 11.9. The van der Waals surface area contributed by atoms with E-state index in [-0.39, 0.29) is 17.3 Å². The highest BCUT2D eigenvalue weighted by Crippen LogP contribution is 2.39. The van der Waals surface area contributed by atoms with Crippen LogP contribution in [-0.4, -0.2) is 27.1 Å². The van der Waals surface area contributed by atoms with Crippen LogP contribution in [0.1, 0.15) is 45.7 Å². The molecule has 0 aliphatic heterocycles. The van der Waals surface area contributed by atoms with Crippen LogP contribution in [-0.2, 0) is 0 Å². The van der Waals surface area contributed by atoms with Gasteiger partial charge in [0.25, 0.3) is 5.69 Å². The third-order valence-electron chi connectivity index (χ3n) is 5.33. The van der Waals surface area contributed by atoms with E-state index in [2.05, 4.69) is 10.5 Å². The predicted octanol–water partition coefficient (Wildman–Crippen LogP) is 4.75. The van der Waals surface area contributed by atoms with Crippen molar-refractivity contribution in [1.82, 2.24) is 0 Å². The highest BCUT2D eigenvalue weighted by Gasteiger charge is 2.27. The van der Waals surface area contributed by atoms with Gasteiger partial charge in [-0.3, -0.25) is 35.2 Å². The molecule has 0 unspecified atom stereocenters. The largest absolute Gasteiger partial charge is 0.301 e. The van der Waals surface area contributed by atoms with Crippen molar-refractivity contribution < 1.29 is 19.4 Å². The number of carbonyl (C=O) groups is 2. The highest BCUT2D eigenvalue weighted by molar-refractivity contribution is 6.25. The van der Waals surface area contributed by atoms with Crippen LogP contribution in [0.3, 0.4) is 0 Å². The van der Waals surface area contributed by atoms with Crippen molar-refractivity contribution in [2.24, 2.45) is 5.10 Å². The van der Waals surface area contributed by atoms with Gasteiger partial charge in [-0.05, 0) is 43.2 Å². The van der Waals surface area contributed by atoms with Gasteiger partial charge in [0.1, 0.15) is 5.69 Å². The average molecular weight is 444 g/mol. The fourth-order valence-corrected chi connectivity index (χ4v) is 3.65. The Bertz CT molecular complexity index is 1410. The monoisotopic (exact) mass is 444 g/mol. The molecule has 0 bridgehead atoms. The van der Waals surface area contributed by atoms with E-state index >= 15 is 0 Å². The summed E-state index contributed by atoms with van der Waals surface area (Å²) in [6.45, 7) is 2.90. The van der Waals surface area contributed by atoms with Gasteiger partial charge in [-0.2, -0.15) is 5.10 Å². The summed E-state index contributed by atoms with van der Waals surface area (Å²) < 4.78 is 0. The summed E-state index contributed by atoms with van der Waals surface area (Å²) in [6, 6.07) is 13.4. The molecule has 0 aromatic heterocycles. The Morgan fingerprint density at radius 3 is 1.94 bits per heavy atom. The Kier molecular flexibility index (Phi) is 5.26. The quantitative estimate of drug-likeness (QED) is 0.256. The lowest BCUT2D eigenvalue weighted by Gasteiger charge is -2.06. The number of hydrogen-bond acceptors (Lipinski definition) is 8. The zero-order valence-electron chi connectivity index (χ0n) is 17.5. The van der Waals surface area contributed by atoms with E-state index in [4.69, 9.17) is 0 Å². The van der Waals surface area contributed by atoms with Crippen molar-refractivity contribution in [2.75, 3.05) is 5.43 Å². The van der Waals surface area contributed by atoms with Crippen molar-refractivity contribution >= 4 is 34.3 Å². The van der Waals surface area contributed by atoms with E-state index in [1.54, 1.807) is 36.4 Å². The second kappa shape index (κ2) is 8.08. The number of nitrogens with one attached hydrogen (secondary N) is 1. The van der Waals surface area contributed by atoms with Gasteiger partial charge < -0.3 is 0 Å². The zero-order chi connectivity index (χ0) is 23.9. The van der Waals surface area contributed by atoms with Crippen LogP contribution >= 0.6 is 0 Å². The van der Waals surface area contributed by atoms with Gasteiger partial charge in [-0.1, -0.05) is 24.3 Å². The number of carbonyl (C=O) groups excluding carboxylic acids is 2. The van der Waals surface area contributed by atoms with Crippen LogP contribution in [0.4, 0.5) is 17.1 Å². The van der Waals surface area contributed by atoms with Crippen molar-refractivity contribution in [2.45, 2.75) is 13.8 Å². The minimum Gasteiger partial charge on any atom is -0.295 e. The first kappa shape index (κ1) is 21.5. The van der Waals surface area contributed by atoms with Crippen LogP contribution in [0.5, 0.6) is 0 Å². The minimum atomic E-state index is -0.737. The smallest absolute Gasteiger partial charge is 0.295 e. The van der Waals surface area contributed by atoms with E-state index in [1.165, 1.54) is 19.9 Å². The number of non-ortho nitro benzene ring substituents is 1. The maximum atomic E-state index is 11.9. The number of hydrazone groups is 1. The summed E-state index contributed by atoms with van der Waals surface area (Å²) in [5.74, 6) is -0.249. The van der Waals surface area contributed by atoms with Gasteiger partial charge in [-0.25, -0.2) is 0 Å². The molecular formula is C23H16N4O6. The number of hydrogen-bond donors (Lipinski definition) is 1. The van der Waals surface area contributed by atoms with Gasteiger partial charge in [0.05, 0.1) is 21.6 Å². The Balaban J connectivity index is 1.85. The third kappa shape index (κ3) is 3.85. The SMILES string of the molecule is CC(=O)c1ccc2c(c1)/C(=N\Nc1ccc([N+](=O)[O-])cc1[N+](=O)[O-])c1ccc(C(C)=O)cc1-2. The minimum absolute atomic E-state index is 0.0313.